The van der Waals surface area contributed by atoms with Crippen molar-refractivity contribution in [3.8, 4) is 11.5 Å². The molecule has 1 amide bonds. The predicted octanol–water partition coefficient (Wildman–Crippen LogP) is 3.69. The number of aryl methyl sites for hydroxylation is 2. The van der Waals surface area contributed by atoms with Crippen LogP contribution in [0.1, 0.15) is 34.7 Å². The fourth-order valence-electron chi connectivity index (χ4n) is 4.25. The number of methoxy groups -OCH3 is 2. The molecule has 0 bridgehead atoms. The van der Waals surface area contributed by atoms with E-state index in [4.69, 9.17) is 9.47 Å². The number of carbonyl (C=O) groups is 2. The summed E-state index contributed by atoms with van der Waals surface area (Å²) in [5.74, 6) is -0.597. The molecule has 0 radical (unpaired) electrons. The van der Waals surface area contributed by atoms with Crippen LogP contribution >= 0.6 is 0 Å². The zero-order valence-electron chi connectivity index (χ0n) is 20.1. The highest BCUT2D eigenvalue weighted by molar-refractivity contribution is 6.46. The third-order valence-corrected chi connectivity index (χ3v) is 5.92. The number of Topliss-reactive ketones (excluding diaryl/α,β-unsaturated/α-hetero) is 1. The van der Waals surface area contributed by atoms with Gasteiger partial charge in [-0.15, -0.1) is 0 Å². The number of hydrogen-bond acceptors (Lipinski definition) is 6. The second kappa shape index (κ2) is 10.1. The number of amides is 1. The zero-order valence-corrected chi connectivity index (χ0v) is 20.1. The summed E-state index contributed by atoms with van der Waals surface area (Å²) in [5, 5.41) is 11.4. The molecule has 176 valence electrons. The Hall–Kier alpha value is -3.32. The molecule has 0 spiro atoms. The minimum atomic E-state index is -0.794. The number of aliphatic hydroxyl groups excluding tert-OH is 1. The smallest absolute Gasteiger partial charge is 0.295 e. The molecule has 0 aliphatic carbocycles. The molecule has 7 nitrogen and oxygen atoms in total. The number of aliphatic hydroxyl groups is 1. The van der Waals surface area contributed by atoms with Gasteiger partial charge in [0.25, 0.3) is 11.7 Å². The van der Waals surface area contributed by atoms with Crippen LogP contribution in [0.5, 0.6) is 11.5 Å². The molecule has 0 aromatic heterocycles. The van der Waals surface area contributed by atoms with Gasteiger partial charge in [-0.2, -0.15) is 0 Å². The third-order valence-electron chi connectivity index (χ3n) is 5.92. The SMILES string of the molecule is COc1cccc(C2/C(=C(\O)c3cc(C)ccc3C)C(=O)C(=O)N2CCCN(C)C)c1OC. The van der Waals surface area contributed by atoms with Crippen LogP contribution in [0.2, 0.25) is 0 Å². The number of benzene rings is 2. The summed E-state index contributed by atoms with van der Waals surface area (Å²) in [6, 6.07) is 10.2. The van der Waals surface area contributed by atoms with Gasteiger partial charge in [-0.1, -0.05) is 29.8 Å². The molecule has 1 fully saturated rings. The van der Waals surface area contributed by atoms with E-state index in [0.29, 0.717) is 35.6 Å². The number of likely N-dealkylation sites (tertiary alicyclic amines) is 1. The topological polar surface area (TPSA) is 79.3 Å². The van der Waals surface area contributed by atoms with Crippen LogP contribution in [0.4, 0.5) is 0 Å². The molecule has 1 heterocycles. The summed E-state index contributed by atoms with van der Waals surface area (Å²) in [6.07, 6.45) is 0.673. The molecule has 2 aromatic rings. The summed E-state index contributed by atoms with van der Waals surface area (Å²) in [5.41, 5.74) is 2.94. The molecule has 7 heteroatoms. The van der Waals surface area contributed by atoms with Gasteiger partial charge in [-0.25, -0.2) is 0 Å². The lowest BCUT2D eigenvalue weighted by atomic mass is 9.92. The highest BCUT2D eigenvalue weighted by Gasteiger charge is 2.47. The maximum absolute atomic E-state index is 13.3. The van der Waals surface area contributed by atoms with Crippen molar-refractivity contribution in [3.05, 3.63) is 64.2 Å². The van der Waals surface area contributed by atoms with Crippen LogP contribution in [0.3, 0.4) is 0 Å². The van der Waals surface area contributed by atoms with Crippen LogP contribution in [-0.4, -0.2) is 68.0 Å². The van der Waals surface area contributed by atoms with Gasteiger partial charge < -0.3 is 24.4 Å². The number of ketones is 1. The molecule has 1 atom stereocenters. The van der Waals surface area contributed by atoms with Crippen molar-refractivity contribution in [3.63, 3.8) is 0 Å². The molecule has 1 aliphatic heterocycles. The maximum Gasteiger partial charge on any atom is 0.295 e. The lowest BCUT2D eigenvalue weighted by molar-refractivity contribution is -0.140. The number of nitrogens with zero attached hydrogens (tertiary/aromatic N) is 2. The monoisotopic (exact) mass is 452 g/mol. The van der Waals surface area contributed by atoms with Crippen LogP contribution in [0, 0.1) is 13.8 Å². The van der Waals surface area contributed by atoms with Gasteiger partial charge in [0.2, 0.25) is 0 Å². The second-order valence-corrected chi connectivity index (χ2v) is 8.55. The molecule has 1 aliphatic rings. The third kappa shape index (κ3) is 4.73. The summed E-state index contributed by atoms with van der Waals surface area (Å²) in [7, 11) is 6.96. The Bertz CT molecular complexity index is 1090. The van der Waals surface area contributed by atoms with Gasteiger partial charge in [-0.3, -0.25) is 9.59 Å². The van der Waals surface area contributed by atoms with E-state index in [0.717, 1.165) is 17.7 Å². The Balaban J connectivity index is 2.24. The first kappa shape index (κ1) is 24.3. The standard InChI is InChI=1S/C26H32N2O5/c1-16-11-12-17(2)19(15-16)23(29)21-22(18-9-7-10-20(32-5)25(18)33-6)28(26(31)24(21)30)14-8-13-27(3)4/h7,9-12,15,22,29H,8,13-14H2,1-6H3/b23-21+. The average Bonchev–Trinajstić information content (AvgIpc) is 3.04. The van der Waals surface area contributed by atoms with Crippen LogP contribution in [-0.2, 0) is 9.59 Å². The molecular weight excluding hydrogens is 420 g/mol. The summed E-state index contributed by atoms with van der Waals surface area (Å²) in [6.45, 7) is 4.89. The molecule has 0 saturated carbocycles. The van der Waals surface area contributed by atoms with Crippen molar-refractivity contribution < 1.29 is 24.2 Å². The van der Waals surface area contributed by atoms with E-state index in [9.17, 15) is 14.7 Å². The average molecular weight is 453 g/mol. The Morgan fingerprint density at radius 3 is 2.45 bits per heavy atom. The number of rotatable bonds is 8. The van der Waals surface area contributed by atoms with Crippen LogP contribution in [0.15, 0.2) is 42.0 Å². The lowest BCUT2D eigenvalue weighted by Crippen LogP contribution is -2.32. The predicted molar refractivity (Wildman–Crippen MR) is 128 cm³/mol. The molecule has 2 aromatic carbocycles. The largest absolute Gasteiger partial charge is 0.507 e. The first-order valence-corrected chi connectivity index (χ1v) is 10.9. The Morgan fingerprint density at radius 1 is 1.09 bits per heavy atom. The van der Waals surface area contributed by atoms with Crippen molar-refractivity contribution in [2.75, 3.05) is 41.4 Å². The van der Waals surface area contributed by atoms with Crippen LogP contribution in [0.25, 0.3) is 5.76 Å². The molecular formula is C26H32N2O5. The normalized spacial score (nSPS) is 17.7. The van der Waals surface area contributed by atoms with E-state index in [1.807, 2.05) is 51.0 Å². The Kier molecular flexibility index (Phi) is 7.43. The number of ether oxygens (including phenoxy) is 2. The molecule has 1 N–H and O–H groups in total. The first-order chi connectivity index (χ1) is 15.7. The van der Waals surface area contributed by atoms with E-state index < -0.39 is 17.7 Å². The van der Waals surface area contributed by atoms with Crippen molar-refractivity contribution in [2.45, 2.75) is 26.3 Å². The van der Waals surface area contributed by atoms with Crippen molar-refractivity contribution in [2.24, 2.45) is 0 Å². The van der Waals surface area contributed by atoms with E-state index >= 15 is 0 Å². The minimum Gasteiger partial charge on any atom is -0.507 e. The Morgan fingerprint density at radius 2 is 1.82 bits per heavy atom. The molecule has 33 heavy (non-hydrogen) atoms. The fraction of sp³-hybridized carbons (Fsp3) is 0.385. The van der Waals surface area contributed by atoms with Gasteiger partial charge in [-0.05, 0) is 58.6 Å². The van der Waals surface area contributed by atoms with E-state index in [-0.39, 0.29) is 11.3 Å². The highest BCUT2D eigenvalue weighted by Crippen LogP contribution is 2.45. The maximum atomic E-state index is 13.3. The fourth-order valence-corrected chi connectivity index (χ4v) is 4.25. The van der Waals surface area contributed by atoms with E-state index in [1.165, 1.54) is 19.1 Å². The highest BCUT2D eigenvalue weighted by atomic mass is 16.5. The van der Waals surface area contributed by atoms with Crippen molar-refractivity contribution in [1.29, 1.82) is 0 Å². The lowest BCUT2D eigenvalue weighted by Gasteiger charge is -2.27. The van der Waals surface area contributed by atoms with E-state index in [1.54, 1.807) is 18.2 Å². The van der Waals surface area contributed by atoms with Gasteiger partial charge in [0.05, 0.1) is 25.8 Å². The summed E-state index contributed by atoms with van der Waals surface area (Å²) < 4.78 is 11.1. The van der Waals surface area contributed by atoms with Crippen molar-refractivity contribution in [1.82, 2.24) is 9.80 Å². The van der Waals surface area contributed by atoms with Gasteiger partial charge in [0.15, 0.2) is 11.5 Å². The number of hydrogen-bond donors (Lipinski definition) is 1. The summed E-state index contributed by atoms with van der Waals surface area (Å²) in [4.78, 5) is 30.0. The van der Waals surface area contributed by atoms with Crippen molar-refractivity contribution >= 4 is 17.4 Å². The van der Waals surface area contributed by atoms with Crippen LogP contribution < -0.4 is 9.47 Å². The second-order valence-electron chi connectivity index (χ2n) is 8.55. The quantitative estimate of drug-likeness (QED) is 0.374. The molecule has 3 rings (SSSR count). The molecule has 1 unspecified atom stereocenters. The minimum absolute atomic E-state index is 0.0603. The van der Waals surface area contributed by atoms with Gasteiger partial charge >= 0.3 is 0 Å². The van der Waals surface area contributed by atoms with Gasteiger partial charge in [0.1, 0.15) is 5.76 Å². The number of carbonyl (C=O) groups excluding carboxylic acids is 2. The van der Waals surface area contributed by atoms with Gasteiger partial charge in [0, 0.05) is 17.7 Å². The number of para-hydroxylation sites is 1. The zero-order chi connectivity index (χ0) is 24.3. The first-order valence-electron chi connectivity index (χ1n) is 10.9. The summed E-state index contributed by atoms with van der Waals surface area (Å²) >= 11 is 0. The Labute approximate surface area is 195 Å². The van der Waals surface area contributed by atoms with E-state index in [2.05, 4.69) is 0 Å². The molecule has 1 saturated heterocycles.